The molecule has 32 heavy (non-hydrogen) atoms. The summed E-state index contributed by atoms with van der Waals surface area (Å²) in [7, 11) is 1.66. The van der Waals surface area contributed by atoms with Gasteiger partial charge in [-0.15, -0.1) is 23.4 Å². The molecular formula is C17H16F3N7O4S. The Labute approximate surface area is 182 Å². The molecule has 0 atom stereocenters. The number of benzene rings is 1. The fraction of sp³-hybridized carbons (Fsp3) is 0.294. The Bertz CT molecular complexity index is 1130. The maximum Gasteiger partial charge on any atom is 0.573 e. The van der Waals surface area contributed by atoms with Crippen LogP contribution in [0.15, 0.2) is 35.6 Å². The molecule has 1 N–H and O–H groups in total. The first-order valence-electron chi connectivity index (χ1n) is 8.86. The molecule has 0 unspecified atom stereocenters. The molecule has 3 aromatic rings. The summed E-state index contributed by atoms with van der Waals surface area (Å²) in [5.41, 5.74) is 0.298. The topological polar surface area (TPSA) is 130 Å². The quantitative estimate of drug-likeness (QED) is 0.302. The van der Waals surface area contributed by atoms with Gasteiger partial charge in [0.15, 0.2) is 23.4 Å². The SMILES string of the molecule is Cc1ncc([N+](=O)[O-])n1Cc1nnc(SCC(=O)Nc2ccc(OC(F)(F)F)cc2)n1C. The highest BCUT2D eigenvalue weighted by molar-refractivity contribution is 7.99. The maximum atomic E-state index is 12.2. The van der Waals surface area contributed by atoms with Crippen LogP contribution in [0.25, 0.3) is 0 Å². The highest BCUT2D eigenvalue weighted by Gasteiger charge is 2.31. The molecule has 11 nitrogen and oxygen atoms in total. The Hall–Kier alpha value is -3.62. The second-order valence-corrected chi connectivity index (χ2v) is 7.32. The number of alkyl halides is 3. The van der Waals surface area contributed by atoms with Crippen LogP contribution in [-0.2, 0) is 18.4 Å². The Morgan fingerprint density at radius 2 is 1.97 bits per heavy atom. The van der Waals surface area contributed by atoms with Gasteiger partial charge in [-0.05, 0) is 29.2 Å². The van der Waals surface area contributed by atoms with Gasteiger partial charge in [-0.2, -0.15) is 0 Å². The molecule has 0 bridgehead atoms. The summed E-state index contributed by atoms with van der Waals surface area (Å²) in [6.07, 6.45) is -3.63. The molecule has 0 aliphatic carbocycles. The molecule has 0 saturated carbocycles. The van der Waals surface area contributed by atoms with Gasteiger partial charge in [0.25, 0.3) is 0 Å². The van der Waals surface area contributed by atoms with E-state index in [1.165, 1.54) is 16.7 Å². The van der Waals surface area contributed by atoms with Gasteiger partial charge in [0, 0.05) is 19.7 Å². The zero-order valence-corrected chi connectivity index (χ0v) is 17.5. The summed E-state index contributed by atoms with van der Waals surface area (Å²) in [5.74, 6) is -0.158. The van der Waals surface area contributed by atoms with Gasteiger partial charge in [0.05, 0.1) is 5.75 Å². The van der Waals surface area contributed by atoms with E-state index in [4.69, 9.17) is 0 Å². The molecule has 1 aromatic carbocycles. The molecule has 0 saturated heterocycles. The van der Waals surface area contributed by atoms with Crippen molar-refractivity contribution in [3.63, 3.8) is 0 Å². The third-order valence-corrected chi connectivity index (χ3v) is 5.17. The molecule has 0 aliphatic heterocycles. The molecule has 0 spiro atoms. The first-order chi connectivity index (χ1) is 15.0. The number of rotatable bonds is 8. The lowest BCUT2D eigenvalue weighted by Gasteiger charge is -2.10. The lowest BCUT2D eigenvalue weighted by molar-refractivity contribution is -0.392. The van der Waals surface area contributed by atoms with Crippen molar-refractivity contribution in [3.8, 4) is 5.75 Å². The third-order valence-electron chi connectivity index (χ3n) is 4.15. The number of carbonyl (C=O) groups is 1. The number of ether oxygens (including phenoxy) is 1. The van der Waals surface area contributed by atoms with Crippen LogP contribution < -0.4 is 10.1 Å². The van der Waals surface area contributed by atoms with Crippen molar-refractivity contribution in [1.29, 1.82) is 0 Å². The van der Waals surface area contributed by atoms with Gasteiger partial charge in [-0.1, -0.05) is 11.8 Å². The standard InChI is InChI=1S/C17H16F3N7O4S/c1-10-21-7-15(27(29)30)26(10)8-13-23-24-16(25(13)2)32-9-14(28)22-11-3-5-12(6-4-11)31-17(18,19)20/h3-7H,8-9H2,1-2H3,(H,22,28). The first-order valence-corrected chi connectivity index (χ1v) is 9.85. The van der Waals surface area contributed by atoms with Crippen LogP contribution in [0.2, 0.25) is 0 Å². The summed E-state index contributed by atoms with van der Waals surface area (Å²) >= 11 is 1.08. The first kappa shape index (κ1) is 23.1. The lowest BCUT2D eigenvalue weighted by atomic mass is 10.3. The normalized spacial score (nSPS) is 11.4. The fourth-order valence-electron chi connectivity index (χ4n) is 2.61. The average molecular weight is 471 g/mol. The van der Waals surface area contributed by atoms with Crippen molar-refractivity contribution in [2.24, 2.45) is 7.05 Å². The van der Waals surface area contributed by atoms with E-state index in [0.717, 1.165) is 30.1 Å². The summed E-state index contributed by atoms with van der Waals surface area (Å²) < 4.78 is 43.3. The number of halogens is 3. The minimum Gasteiger partial charge on any atom is -0.406 e. The molecular weight excluding hydrogens is 455 g/mol. The zero-order valence-electron chi connectivity index (χ0n) is 16.7. The summed E-state index contributed by atoms with van der Waals surface area (Å²) in [6, 6.07) is 4.74. The van der Waals surface area contributed by atoms with Crippen molar-refractivity contribution in [2.45, 2.75) is 25.0 Å². The Balaban J connectivity index is 1.57. The van der Waals surface area contributed by atoms with Crippen molar-refractivity contribution >= 4 is 29.2 Å². The van der Waals surface area contributed by atoms with Gasteiger partial charge in [0.2, 0.25) is 5.91 Å². The van der Waals surface area contributed by atoms with Crippen LogP contribution in [0.4, 0.5) is 24.7 Å². The highest BCUT2D eigenvalue weighted by atomic mass is 32.2. The van der Waals surface area contributed by atoms with Crippen molar-refractivity contribution in [1.82, 2.24) is 24.3 Å². The largest absolute Gasteiger partial charge is 0.573 e. The van der Waals surface area contributed by atoms with Gasteiger partial charge in [-0.25, -0.2) is 9.55 Å². The second-order valence-electron chi connectivity index (χ2n) is 6.37. The van der Waals surface area contributed by atoms with Crippen molar-refractivity contribution < 1.29 is 27.6 Å². The molecule has 15 heteroatoms. The van der Waals surface area contributed by atoms with Crippen molar-refractivity contribution in [2.75, 3.05) is 11.1 Å². The Kier molecular flexibility index (Phi) is 6.67. The number of nitrogens with zero attached hydrogens (tertiary/aromatic N) is 6. The average Bonchev–Trinajstić information content (AvgIpc) is 3.24. The molecule has 2 heterocycles. The molecule has 2 aromatic heterocycles. The van der Waals surface area contributed by atoms with Crippen LogP contribution in [-0.4, -0.2) is 47.3 Å². The van der Waals surface area contributed by atoms with E-state index in [0.29, 0.717) is 22.5 Å². The number of imidazole rings is 1. The lowest BCUT2D eigenvalue weighted by Crippen LogP contribution is -2.17. The summed E-state index contributed by atoms with van der Waals surface area (Å²) in [4.78, 5) is 26.7. The van der Waals surface area contributed by atoms with E-state index in [1.54, 1.807) is 18.5 Å². The fourth-order valence-corrected chi connectivity index (χ4v) is 3.34. The summed E-state index contributed by atoms with van der Waals surface area (Å²) in [6.45, 7) is 1.70. The van der Waals surface area contributed by atoms with Crippen LogP contribution >= 0.6 is 11.8 Å². The van der Waals surface area contributed by atoms with Crippen molar-refractivity contribution in [3.05, 3.63) is 52.2 Å². The smallest absolute Gasteiger partial charge is 0.406 e. The number of aromatic nitrogens is 5. The number of amides is 1. The number of hydrogen-bond acceptors (Lipinski definition) is 8. The Morgan fingerprint density at radius 1 is 1.28 bits per heavy atom. The van der Waals surface area contributed by atoms with Crippen LogP contribution in [0.5, 0.6) is 5.75 Å². The number of hydrogen-bond donors (Lipinski definition) is 1. The molecule has 1 amide bonds. The number of aryl methyl sites for hydroxylation is 1. The van der Waals surface area contributed by atoms with E-state index in [1.807, 2.05) is 0 Å². The van der Waals surface area contributed by atoms with E-state index >= 15 is 0 Å². The molecule has 3 rings (SSSR count). The van der Waals surface area contributed by atoms with Gasteiger partial charge in [-0.3, -0.25) is 4.79 Å². The molecule has 170 valence electrons. The van der Waals surface area contributed by atoms with Crippen LogP contribution in [0.1, 0.15) is 11.6 Å². The van der Waals surface area contributed by atoms with Crippen LogP contribution in [0, 0.1) is 17.0 Å². The minimum atomic E-state index is -4.79. The van der Waals surface area contributed by atoms with Gasteiger partial charge in [0.1, 0.15) is 11.9 Å². The number of anilines is 1. The minimum absolute atomic E-state index is 0.0446. The predicted molar refractivity (Wildman–Crippen MR) is 106 cm³/mol. The molecule has 0 aliphatic rings. The maximum absolute atomic E-state index is 12.2. The monoisotopic (exact) mass is 471 g/mol. The number of carbonyl (C=O) groups excluding carboxylic acids is 1. The summed E-state index contributed by atoms with van der Waals surface area (Å²) in [5, 5.41) is 22.1. The molecule has 0 fully saturated rings. The van der Waals surface area contributed by atoms with Gasteiger partial charge >= 0.3 is 12.2 Å². The highest BCUT2D eigenvalue weighted by Crippen LogP contribution is 2.24. The molecule has 0 radical (unpaired) electrons. The van der Waals surface area contributed by atoms with E-state index in [-0.39, 0.29) is 18.1 Å². The zero-order chi connectivity index (χ0) is 23.5. The number of thioether (sulfide) groups is 1. The Morgan fingerprint density at radius 3 is 2.59 bits per heavy atom. The van der Waals surface area contributed by atoms with E-state index in [2.05, 4.69) is 25.2 Å². The third kappa shape index (κ3) is 5.75. The van der Waals surface area contributed by atoms with Crippen LogP contribution in [0.3, 0.4) is 0 Å². The predicted octanol–water partition coefficient (Wildman–Crippen LogP) is 2.91. The van der Waals surface area contributed by atoms with Gasteiger partial charge < -0.3 is 24.7 Å². The number of nitrogens with one attached hydrogen (secondary N) is 1. The number of nitro groups is 1. The second kappa shape index (κ2) is 9.25. The van der Waals surface area contributed by atoms with E-state index < -0.39 is 22.9 Å². The van der Waals surface area contributed by atoms with E-state index in [9.17, 15) is 28.1 Å².